The van der Waals surface area contributed by atoms with Crippen LogP contribution in [0.2, 0.25) is 10.0 Å². The Labute approximate surface area is 258 Å². The third-order valence-corrected chi connectivity index (χ3v) is 8.84. The largest absolute Gasteiger partial charge is 0.497 e. The number of nitrogens with zero attached hydrogens (tertiary/aromatic N) is 2. The number of hydrogen-bond acceptors (Lipinski definition) is 5. The third-order valence-electron chi connectivity index (χ3n) is 6.47. The molecule has 2 amide bonds. The number of sulfonamides is 1. The van der Waals surface area contributed by atoms with Crippen LogP contribution in [0.1, 0.15) is 45.2 Å². The number of rotatable bonds is 11. The smallest absolute Gasteiger partial charge is 0.264 e. The maximum absolute atomic E-state index is 14.2. The first-order valence-electron chi connectivity index (χ1n) is 13.4. The zero-order valence-electron chi connectivity index (χ0n) is 24.6. The number of carbonyl (C=O) groups excluding carboxylic acids is 2. The van der Waals surface area contributed by atoms with Crippen LogP contribution in [0.4, 0.5) is 5.69 Å². The number of ether oxygens (including phenoxy) is 1. The maximum atomic E-state index is 14.2. The molecule has 0 radical (unpaired) electrons. The van der Waals surface area contributed by atoms with Crippen LogP contribution < -0.4 is 14.4 Å². The zero-order valence-corrected chi connectivity index (χ0v) is 27.0. The van der Waals surface area contributed by atoms with Gasteiger partial charge in [-0.25, -0.2) is 8.42 Å². The molecule has 1 N–H and O–H groups in total. The second-order valence-corrected chi connectivity index (χ2v) is 13.7. The quantitative estimate of drug-likeness (QED) is 0.270. The van der Waals surface area contributed by atoms with Crippen LogP contribution in [0, 0.1) is 6.92 Å². The van der Waals surface area contributed by atoms with Gasteiger partial charge in [0.05, 0.1) is 17.7 Å². The van der Waals surface area contributed by atoms with Crippen LogP contribution >= 0.6 is 23.2 Å². The average Bonchev–Trinajstić information content (AvgIpc) is 2.91. The maximum Gasteiger partial charge on any atom is 0.264 e. The second-order valence-electron chi connectivity index (χ2n) is 10.9. The number of aryl methyl sites for hydroxylation is 1. The number of anilines is 1. The summed E-state index contributed by atoms with van der Waals surface area (Å²) in [5, 5.41) is 3.69. The normalized spacial score (nSPS) is 12.4. The lowest BCUT2D eigenvalue weighted by Crippen LogP contribution is -2.55. The lowest BCUT2D eigenvalue weighted by Gasteiger charge is -2.35. The molecule has 226 valence electrons. The van der Waals surface area contributed by atoms with Gasteiger partial charge in [-0.2, -0.15) is 0 Å². The fraction of sp³-hybridized carbons (Fsp3) is 0.355. The van der Waals surface area contributed by atoms with Gasteiger partial charge in [-0.1, -0.05) is 60.0 Å². The summed E-state index contributed by atoms with van der Waals surface area (Å²) < 4.78 is 34.4. The standard InChI is InChI=1S/C31H37Cl2N3O5S/c1-7-28(30(38)34-31(3,4)5)35(19-22-13-14-23(32)17-27(22)33)29(37)20-36(24-9-8-10-25(18-24)41-6)42(39,40)26-15-11-21(2)12-16-26/h8-18,28H,7,19-20H2,1-6H3,(H,34,38)/t28-/m1/s1. The summed E-state index contributed by atoms with van der Waals surface area (Å²) in [7, 11) is -2.73. The van der Waals surface area contributed by atoms with E-state index in [0.717, 1.165) is 9.87 Å². The summed E-state index contributed by atoms with van der Waals surface area (Å²) in [5.41, 5.74) is 1.13. The third kappa shape index (κ3) is 8.40. The fourth-order valence-electron chi connectivity index (χ4n) is 4.34. The molecule has 0 bridgehead atoms. The van der Waals surface area contributed by atoms with E-state index in [2.05, 4.69) is 5.32 Å². The van der Waals surface area contributed by atoms with E-state index in [0.29, 0.717) is 21.4 Å². The molecule has 0 aliphatic heterocycles. The molecular formula is C31H37Cl2N3O5S. The highest BCUT2D eigenvalue weighted by Crippen LogP contribution is 2.29. The van der Waals surface area contributed by atoms with Crippen molar-refractivity contribution in [2.45, 2.75) is 64.1 Å². The Hall–Kier alpha value is -3.27. The second kappa shape index (κ2) is 13.8. The molecule has 0 aromatic heterocycles. The van der Waals surface area contributed by atoms with Crippen LogP contribution in [0.5, 0.6) is 5.75 Å². The molecule has 0 saturated heterocycles. The van der Waals surface area contributed by atoms with Gasteiger partial charge in [-0.05, 0) is 76.1 Å². The molecule has 3 aromatic rings. The van der Waals surface area contributed by atoms with Crippen LogP contribution in [0.25, 0.3) is 0 Å². The Bertz CT molecular complexity index is 1520. The highest BCUT2D eigenvalue weighted by Gasteiger charge is 2.35. The van der Waals surface area contributed by atoms with E-state index in [4.69, 9.17) is 27.9 Å². The predicted octanol–water partition coefficient (Wildman–Crippen LogP) is 6.23. The summed E-state index contributed by atoms with van der Waals surface area (Å²) in [4.78, 5) is 29.0. The summed E-state index contributed by atoms with van der Waals surface area (Å²) in [6.45, 7) is 8.57. The van der Waals surface area contributed by atoms with Gasteiger partial charge in [-0.15, -0.1) is 0 Å². The molecule has 0 aliphatic carbocycles. The summed E-state index contributed by atoms with van der Waals surface area (Å²) in [5.74, 6) is -0.530. The van der Waals surface area contributed by atoms with E-state index >= 15 is 0 Å². The van der Waals surface area contributed by atoms with Gasteiger partial charge in [0.25, 0.3) is 10.0 Å². The molecule has 0 spiro atoms. The van der Waals surface area contributed by atoms with Gasteiger partial charge >= 0.3 is 0 Å². The van der Waals surface area contributed by atoms with Crippen LogP contribution in [-0.2, 0) is 26.2 Å². The van der Waals surface area contributed by atoms with Gasteiger partial charge in [-0.3, -0.25) is 13.9 Å². The molecule has 1 atom stereocenters. The summed E-state index contributed by atoms with van der Waals surface area (Å²) in [6.07, 6.45) is 0.280. The molecule has 3 aromatic carbocycles. The van der Waals surface area contributed by atoms with Crippen molar-refractivity contribution in [3.8, 4) is 5.75 Å². The summed E-state index contributed by atoms with van der Waals surface area (Å²) in [6, 6.07) is 16.8. The fourth-order valence-corrected chi connectivity index (χ4v) is 6.21. The lowest BCUT2D eigenvalue weighted by atomic mass is 10.1. The van der Waals surface area contributed by atoms with Crippen molar-refractivity contribution < 1.29 is 22.7 Å². The highest BCUT2D eigenvalue weighted by molar-refractivity contribution is 7.92. The lowest BCUT2D eigenvalue weighted by molar-refractivity contribution is -0.141. The van der Waals surface area contributed by atoms with Crippen molar-refractivity contribution in [3.05, 3.63) is 87.9 Å². The molecule has 3 rings (SSSR count). The average molecular weight is 635 g/mol. The number of amides is 2. The van der Waals surface area contributed by atoms with Gasteiger partial charge < -0.3 is 15.0 Å². The molecule has 0 unspecified atom stereocenters. The first-order chi connectivity index (χ1) is 19.7. The van der Waals surface area contributed by atoms with E-state index in [1.165, 1.54) is 24.1 Å². The highest BCUT2D eigenvalue weighted by atomic mass is 35.5. The van der Waals surface area contributed by atoms with Gasteiger partial charge in [0.2, 0.25) is 11.8 Å². The molecule has 0 saturated carbocycles. The van der Waals surface area contributed by atoms with E-state index in [-0.39, 0.29) is 29.5 Å². The summed E-state index contributed by atoms with van der Waals surface area (Å²) >= 11 is 12.6. The number of carbonyl (C=O) groups is 2. The number of hydrogen-bond donors (Lipinski definition) is 1. The van der Waals surface area contributed by atoms with Crippen molar-refractivity contribution >= 4 is 50.7 Å². The minimum absolute atomic E-state index is 0.0218. The first-order valence-corrected chi connectivity index (χ1v) is 15.6. The Kier molecular flexibility index (Phi) is 10.9. The van der Waals surface area contributed by atoms with Crippen molar-refractivity contribution in [1.82, 2.24) is 10.2 Å². The van der Waals surface area contributed by atoms with Crippen LogP contribution in [0.15, 0.2) is 71.6 Å². The molecule has 11 heteroatoms. The minimum atomic E-state index is -4.21. The number of benzene rings is 3. The van der Waals surface area contributed by atoms with E-state index in [1.54, 1.807) is 61.5 Å². The van der Waals surface area contributed by atoms with Gasteiger partial charge in [0.1, 0.15) is 18.3 Å². The molecule has 0 heterocycles. The molecule has 42 heavy (non-hydrogen) atoms. The van der Waals surface area contributed by atoms with Crippen LogP contribution in [-0.4, -0.2) is 50.4 Å². The van der Waals surface area contributed by atoms with Crippen molar-refractivity contribution in [2.24, 2.45) is 0 Å². The Morgan fingerprint density at radius 2 is 1.67 bits per heavy atom. The van der Waals surface area contributed by atoms with Crippen molar-refractivity contribution in [2.75, 3.05) is 18.0 Å². The number of halogens is 2. The van der Waals surface area contributed by atoms with Crippen LogP contribution in [0.3, 0.4) is 0 Å². The van der Waals surface area contributed by atoms with Crippen molar-refractivity contribution in [1.29, 1.82) is 0 Å². The van der Waals surface area contributed by atoms with Gasteiger partial charge in [0.15, 0.2) is 0 Å². The molecular weight excluding hydrogens is 597 g/mol. The SMILES string of the molecule is CC[C@H](C(=O)NC(C)(C)C)N(Cc1ccc(Cl)cc1Cl)C(=O)CN(c1cccc(OC)c1)S(=O)(=O)c1ccc(C)cc1. The van der Waals surface area contributed by atoms with Crippen molar-refractivity contribution in [3.63, 3.8) is 0 Å². The zero-order chi connectivity index (χ0) is 31.2. The Morgan fingerprint density at radius 3 is 2.24 bits per heavy atom. The van der Waals surface area contributed by atoms with E-state index < -0.39 is 34.1 Å². The number of methoxy groups -OCH3 is 1. The molecule has 8 nitrogen and oxygen atoms in total. The number of nitrogens with one attached hydrogen (secondary N) is 1. The molecule has 0 aliphatic rings. The van der Waals surface area contributed by atoms with E-state index in [1.807, 2.05) is 27.7 Å². The first kappa shape index (κ1) is 33.2. The predicted molar refractivity (Wildman–Crippen MR) is 168 cm³/mol. The molecule has 0 fully saturated rings. The topological polar surface area (TPSA) is 96.0 Å². The van der Waals surface area contributed by atoms with E-state index in [9.17, 15) is 18.0 Å². The Morgan fingerprint density at radius 1 is 1.00 bits per heavy atom. The monoisotopic (exact) mass is 633 g/mol. The van der Waals surface area contributed by atoms with Gasteiger partial charge in [0, 0.05) is 28.2 Å². The Balaban J connectivity index is 2.11. The minimum Gasteiger partial charge on any atom is -0.497 e.